The van der Waals surface area contributed by atoms with Crippen LogP contribution in [0.2, 0.25) is 0 Å². The maximum Gasteiger partial charge on any atom is 0.307 e. The molecule has 2 aromatic heterocycles. The standard InChI is InChI=1S/C17H13F2NO4S/c1-8-9(7-14(21)22)15-10(3-4-11(24-2)16(15)19)20(8)17(23)12-5-6-13(18)25-12/h3-6H,7H2,1-2H3,(H,21,22). The summed E-state index contributed by atoms with van der Waals surface area (Å²) in [5, 5.41) is 8.64. The van der Waals surface area contributed by atoms with Crippen molar-refractivity contribution in [3.8, 4) is 5.75 Å². The van der Waals surface area contributed by atoms with Crippen molar-refractivity contribution >= 4 is 34.1 Å². The second kappa shape index (κ2) is 6.29. The van der Waals surface area contributed by atoms with Crippen LogP contribution in [0.3, 0.4) is 0 Å². The van der Waals surface area contributed by atoms with Crippen LogP contribution in [-0.4, -0.2) is 28.7 Å². The zero-order valence-electron chi connectivity index (χ0n) is 13.3. The molecule has 0 saturated carbocycles. The summed E-state index contributed by atoms with van der Waals surface area (Å²) in [5.74, 6) is -2.48. The molecular weight excluding hydrogens is 352 g/mol. The molecule has 0 aliphatic carbocycles. The van der Waals surface area contributed by atoms with E-state index in [1.165, 1.54) is 42.9 Å². The van der Waals surface area contributed by atoms with Crippen molar-refractivity contribution < 1.29 is 28.2 Å². The lowest BCUT2D eigenvalue weighted by molar-refractivity contribution is -0.136. The van der Waals surface area contributed by atoms with Gasteiger partial charge >= 0.3 is 5.97 Å². The minimum Gasteiger partial charge on any atom is -0.494 e. The van der Waals surface area contributed by atoms with Crippen molar-refractivity contribution in [2.75, 3.05) is 7.11 Å². The van der Waals surface area contributed by atoms with E-state index in [2.05, 4.69) is 0 Å². The number of nitrogens with zero attached hydrogens (tertiary/aromatic N) is 1. The Morgan fingerprint density at radius 3 is 2.52 bits per heavy atom. The Bertz CT molecular complexity index is 1010. The fraction of sp³-hybridized carbons (Fsp3) is 0.176. The van der Waals surface area contributed by atoms with Crippen LogP contribution in [0.1, 0.15) is 20.9 Å². The quantitative estimate of drug-likeness (QED) is 0.767. The van der Waals surface area contributed by atoms with Crippen molar-refractivity contribution in [1.29, 1.82) is 0 Å². The molecule has 130 valence electrons. The summed E-state index contributed by atoms with van der Waals surface area (Å²) in [6.07, 6.45) is -0.453. The van der Waals surface area contributed by atoms with E-state index in [1.54, 1.807) is 0 Å². The summed E-state index contributed by atoms with van der Waals surface area (Å²) >= 11 is 0.671. The molecule has 0 aliphatic heterocycles. The third kappa shape index (κ3) is 2.78. The second-order valence-corrected chi connectivity index (χ2v) is 6.39. The zero-order chi connectivity index (χ0) is 18.3. The number of aromatic nitrogens is 1. The largest absolute Gasteiger partial charge is 0.494 e. The first-order valence-corrected chi connectivity index (χ1v) is 8.05. The fourth-order valence-electron chi connectivity index (χ4n) is 2.84. The minimum absolute atomic E-state index is 0.0182. The van der Waals surface area contributed by atoms with Crippen LogP contribution in [0.4, 0.5) is 8.78 Å². The Morgan fingerprint density at radius 2 is 1.96 bits per heavy atom. The number of methoxy groups -OCH3 is 1. The highest BCUT2D eigenvalue weighted by atomic mass is 32.1. The number of fused-ring (bicyclic) bond motifs is 1. The summed E-state index contributed by atoms with van der Waals surface area (Å²) in [5.41, 5.74) is 0.693. The Balaban J connectivity index is 2.32. The van der Waals surface area contributed by atoms with Crippen LogP contribution in [-0.2, 0) is 11.2 Å². The van der Waals surface area contributed by atoms with Crippen molar-refractivity contribution in [2.45, 2.75) is 13.3 Å². The molecule has 2 heterocycles. The van der Waals surface area contributed by atoms with E-state index in [0.717, 1.165) is 0 Å². The van der Waals surface area contributed by atoms with Gasteiger partial charge in [-0.3, -0.25) is 14.2 Å². The van der Waals surface area contributed by atoms with Gasteiger partial charge in [0.1, 0.15) is 0 Å². The van der Waals surface area contributed by atoms with E-state index in [4.69, 9.17) is 9.84 Å². The highest BCUT2D eigenvalue weighted by molar-refractivity contribution is 7.12. The first-order chi connectivity index (χ1) is 11.8. The first-order valence-electron chi connectivity index (χ1n) is 7.23. The molecule has 0 aliphatic rings. The Labute approximate surface area is 145 Å². The second-order valence-electron chi connectivity index (χ2n) is 5.35. The predicted molar refractivity (Wildman–Crippen MR) is 88.5 cm³/mol. The Morgan fingerprint density at radius 1 is 1.24 bits per heavy atom. The van der Waals surface area contributed by atoms with Gasteiger partial charge in [-0.25, -0.2) is 4.39 Å². The molecule has 0 atom stereocenters. The topological polar surface area (TPSA) is 68.5 Å². The number of thiophene rings is 1. The van der Waals surface area contributed by atoms with Gasteiger partial charge < -0.3 is 9.84 Å². The Hall–Kier alpha value is -2.74. The van der Waals surface area contributed by atoms with Crippen molar-refractivity contribution in [2.24, 2.45) is 0 Å². The number of aliphatic carboxylic acids is 1. The van der Waals surface area contributed by atoms with Gasteiger partial charge in [-0.05, 0) is 36.8 Å². The molecule has 0 unspecified atom stereocenters. The van der Waals surface area contributed by atoms with Gasteiger partial charge in [-0.2, -0.15) is 4.39 Å². The number of ether oxygens (including phenoxy) is 1. The van der Waals surface area contributed by atoms with Crippen molar-refractivity contribution in [3.05, 3.63) is 51.3 Å². The number of carboxylic acids is 1. The lowest BCUT2D eigenvalue weighted by Crippen LogP contribution is -2.12. The molecule has 1 N–H and O–H groups in total. The van der Waals surface area contributed by atoms with Crippen LogP contribution in [0.25, 0.3) is 10.9 Å². The minimum atomic E-state index is -1.15. The number of carboxylic acid groups (broad SMARTS) is 1. The Kier molecular flexibility index (Phi) is 4.30. The van der Waals surface area contributed by atoms with Crippen LogP contribution in [0.15, 0.2) is 24.3 Å². The number of carbonyl (C=O) groups is 2. The third-order valence-corrected chi connectivity index (χ3v) is 4.80. The van der Waals surface area contributed by atoms with Crippen molar-refractivity contribution in [1.82, 2.24) is 4.57 Å². The van der Waals surface area contributed by atoms with Gasteiger partial charge in [0.05, 0.1) is 23.9 Å². The average Bonchev–Trinajstić information content (AvgIpc) is 3.10. The number of halogens is 2. The number of rotatable bonds is 4. The molecule has 5 nitrogen and oxygen atoms in total. The zero-order valence-corrected chi connectivity index (χ0v) is 14.1. The molecule has 0 saturated heterocycles. The van der Waals surface area contributed by atoms with Gasteiger partial charge in [0.2, 0.25) is 0 Å². The predicted octanol–water partition coefficient (Wildman–Crippen LogP) is 3.61. The summed E-state index contributed by atoms with van der Waals surface area (Å²) in [6, 6.07) is 5.35. The molecule has 0 bridgehead atoms. The normalized spacial score (nSPS) is 11.0. The lowest BCUT2D eigenvalue weighted by atomic mass is 10.1. The molecule has 0 fully saturated rings. The highest BCUT2D eigenvalue weighted by Crippen LogP contribution is 2.34. The third-order valence-electron chi connectivity index (χ3n) is 3.93. The smallest absolute Gasteiger partial charge is 0.307 e. The van der Waals surface area contributed by atoms with Crippen molar-refractivity contribution in [3.63, 3.8) is 0 Å². The summed E-state index contributed by atoms with van der Waals surface area (Å²) in [6.45, 7) is 1.53. The summed E-state index contributed by atoms with van der Waals surface area (Å²) < 4.78 is 34.2. The molecule has 25 heavy (non-hydrogen) atoms. The lowest BCUT2D eigenvalue weighted by Gasteiger charge is -2.06. The maximum absolute atomic E-state index is 14.7. The van der Waals surface area contributed by atoms with E-state index in [1.807, 2.05) is 0 Å². The summed E-state index contributed by atoms with van der Waals surface area (Å²) in [4.78, 5) is 24.1. The number of hydrogen-bond acceptors (Lipinski definition) is 4. The monoisotopic (exact) mass is 365 g/mol. The van der Waals surface area contributed by atoms with Gasteiger partial charge in [-0.15, -0.1) is 11.3 Å². The molecule has 3 rings (SSSR count). The van der Waals surface area contributed by atoms with Crippen LogP contribution in [0.5, 0.6) is 5.75 Å². The van der Waals surface area contributed by atoms with Gasteiger partial charge in [-0.1, -0.05) is 0 Å². The van der Waals surface area contributed by atoms with E-state index in [9.17, 15) is 18.4 Å². The SMILES string of the molecule is COc1ccc2c(c1F)c(CC(=O)O)c(C)n2C(=O)c1ccc(F)s1. The molecule has 3 aromatic rings. The van der Waals surface area contributed by atoms with Gasteiger partial charge in [0.25, 0.3) is 5.91 Å². The summed E-state index contributed by atoms with van der Waals surface area (Å²) in [7, 11) is 1.30. The first kappa shape index (κ1) is 17.1. The van der Waals surface area contributed by atoms with Gasteiger partial charge in [0.15, 0.2) is 16.7 Å². The molecule has 0 radical (unpaired) electrons. The average molecular weight is 365 g/mol. The van der Waals surface area contributed by atoms with E-state index >= 15 is 0 Å². The highest BCUT2D eigenvalue weighted by Gasteiger charge is 2.25. The molecule has 8 heteroatoms. The maximum atomic E-state index is 14.7. The number of carbonyl (C=O) groups excluding carboxylic acids is 1. The van der Waals surface area contributed by atoms with E-state index in [-0.39, 0.29) is 27.1 Å². The molecule has 0 spiro atoms. The molecular formula is C17H13F2NO4S. The van der Waals surface area contributed by atoms with E-state index in [0.29, 0.717) is 17.0 Å². The molecule has 1 aromatic carbocycles. The van der Waals surface area contributed by atoms with Gasteiger partial charge in [0, 0.05) is 11.1 Å². The molecule has 0 amide bonds. The van der Waals surface area contributed by atoms with Crippen LogP contribution in [0, 0.1) is 17.9 Å². The van der Waals surface area contributed by atoms with Crippen LogP contribution < -0.4 is 4.74 Å². The fourth-order valence-corrected chi connectivity index (χ4v) is 3.50. The number of benzene rings is 1. The number of hydrogen-bond donors (Lipinski definition) is 1. The van der Waals surface area contributed by atoms with E-state index < -0.39 is 29.2 Å². The van der Waals surface area contributed by atoms with Crippen LogP contribution >= 0.6 is 11.3 Å².